The quantitative estimate of drug-likeness (QED) is 0.881. The van der Waals surface area contributed by atoms with Crippen LogP contribution in [0.5, 0.6) is 0 Å². The van der Waals surface area contributed by atoms with E-state index in [4.69, 9.17) is 10.5 Å². The molecule has 3 rings (SSSR count). The van der Waals surface area contributed by atoms with Gasteiger partial charge in [-0.25, -0.2) is 0 Å². The number of nitrogens with zero attached hydrogens (tertiary/aromatic N) is 3. The fourth-order valence-electron chi connectivity index (χ4n) is 3.36. The van der Waals surface area contributed by atoms with E-state index in [0.29, 0.717) is 26.2 Å². The molecule has 3 unspecified atom stereocenters. The van der Waals surface area contributed by atoms with Crippen molar-refractivity contribution in [2.45, 2.75) is 44.4 Å². The molecule has 6 nitrogen and oxygen atoms in total. The molecule has 1 aromatic rings. The zero-order valence-corrected chi connectivity index (χ0v) is 14.8. The molecule has 3 atom stereocenters. The third kappa shape index (κ3) is 5.35. The van der Waals surface area contributed by atoms with Gasteiger partial charge < -0.3 is 15.4 Å². The van der Waals surface area contributed by atoms with Gasteiger partial charge in [0.25, 0.3) is 0 Å². The lowest BCUT2D eigenvalue weighted by Gasteiger charge is -2.36. The van der Waals surface area contributed by atoms with Crippen LogP contribution in [0.1, 0.15) is 25.7 Å². The van der Waals surface area contributed by atoms with Gasteiger partial charge in [-0.2, -0.15) is 5.10 Å². The first-order chi connectivity index (χ1) is 10.2. The molecular formula is C15H26Cl2N4O2. The minimum atomic E-state index is 0. The molecule has 1 aromatic heterocycles. The van der Waals surface area contributed by atoms with Crippen LogP contribution < -0.4 is 5.73 Å². The summed E-state index contributed by atoms with van der Waals surface area (Å²) in [5, 5.41) is 4.20. The van der Waals surface area contributed by atoms with Crippen molar-refractivity contribution in [3.8, 4) is 0 Å². The molecule has 23 heavy (non-hydrogen) atoms. The van der Waals surface area contributed by atoms with Crippen molar-refractivity contribution in [3.05, 3.63) is 18.5 Å². The Hall–Kier alpha value is -0.820. The van der Waals surface area contributed by atoms with Gasteiger partial charge in [0.1, 0.15) is 0 Å². The number of hydrogen-bond acceptors (Lipinski definition) is 4. The number of morpholine rings is 1. The maximum atomic E-state index is 12.6. The molecule has 2 heterocycles. The summed E-state index contributed by atoms with van der Waals surface area (Å²) in [6.07, 6.45) is 7.64. The monoisotopic (exact) mass is 364 g/mol. The number of aromatic nitrogens is 2. The summed E-state index contributed by atoms with van der Waals surface area (Å²) >= 11 is 0. The fourth-order valence-corrected chi connectivity index (χ4v) is 3.36. The van der Waals surface area contributed by atoms with E-state index >= 15 is 0 Å². The number of halogens is 2. The average Bonchev–Trinajstić information content (AvgIpc) is 3.00. The second-order valence-electron chi connectivity index (χ2n) is 6.13. The van der Waals surface area contributed by atoms with Gasteiger partial charge in [0.2, 0.25) is 5.91 Å². The highest BCUT2D eigenvalue weighted by Gasteiger charge is 2.32. The summed E-state index contributed by atoms with van der Waals surface area (Å²) < 4.78 is 7.62. The molecule has 0 radical (unpaired) electrons. The molecule has 8 heteroatoms. The van der Waals surface area contributed by atoms with Gasteiger partial charge in [-0.1, -0.05) is 6.42 Å². The van der Waals surface area contributed by atoms with Gasteiger partial charge in [0.05, 0.1) is 19.3 Å². The number of nitrogens with two attached hydrogens (primary N) is 1. The molecule has 0 spiro atoms. The fraction of sp³-hybridized carbons (Fsp3) is 0.733. The Balaban J connectivity index is 0.00000132. The van der Waals surface area contributed by atoms with E-state index in [0.717, 1.165) is 25.7 Å². The smallest absolute Gasteiger partial charge is 0.225 e. The summed E-state index contributed by atoms with van der Waals surface area (Å²) in [5.41, 5.74) is 6.00. The second-order valence-corrected chi connectivity index (χ2v) is 6.13. The Labute approximate surface area is 149 Å². The maximum Gasteiger partial charge on any atom is 0.225 e. The van der Waals surface area contributed by atoms with Crippen molar-refractivity contribution in [2.75, 3.05) is 19.7 Å². The van der Waals surface area contributed by atoms with Crippen LogP contribution in [-0.4, -0.2) is 52.4 Å². The zero-order valence-electron chi connectivity index (χ0n) is 13.2. The second kappa shape index (κ2) is 9.47. The summed E-state index contributed by atoms with van der Waals surface area (Å²) in [7, 11) is 0. The van der Waals surface area contributed by atoms with E-state index in [1.807, 2.05) is 21.8 Å². The van der Waals surface area contributed by atoms with Crippen molar-refractivity contribution < 1.29 is 9.53 Å². The molecule has 2 aliphatic rings. The first-order valence-corrected chi connectivity index (χ1v) is 7.86. The molecule has 2 N–H and O–H groups in total. The van der Waals surface area contributed by atoms with Gasteiger partial charge in [-0.15, -0.1) is 24.8 Å². The minimum Gasteiger partial charge on any atom is -0.373 e. The van der Waals surface area contributed by atoms with Gasteiger partial charge in [0.15, 0.2) is 0 Å². The van der Waals surface area contributed by atoms with E-state index in [9.17, 15) is 4.79 Å². The lowest BCUT2D eigenvalue weighted by molar-refractivity contribution is -0.144. The number of carbonyl (C=O) groups is 1. The van der Waals surface area contributed by atoms with Crippen molar-refractivity contribution in [1.29, 1.82) is 0 Å². The Morgan fingerprint density at radius 1 is 1.35 bits per heavy atom. The number of amides is 1. The Kier molecular flexibility index (Phi) is 8.33. The Morgan fingerprint density at radius 3 is 2.87 bits per heavy atom. The lowest BCUT2D eigenvalue weighted by Crippen LogP contribution is -2.50. The van der Waals surface area contributed by atoms with E-state index in [1.54, 1.807) is 6.20 Å². The normalized spacial score (nSPS) is 27.7. The third-order valence-corrected chi connectivity index (χ3v) is 4.46. The van der Waals surface area contributed by atoms with E-state index < -0.39 is 0 Å². The summed E-state index contributed by atoms with van der Waals surface area (Å²) in [6.45, 7) is 2.65. The Morgan fingerprint density at radius 2 is 2.17 bits per heavy atom. The standard InChI is InChI=1S/C15H24N4O2.2ClH/c16-13-4-1-3-12(9-13)15(20)18-7-8-21-14(10-18)11-19-6-2-5-17-19;;/h2,5-6,12-14H,1,3-4,7-11,16H2;2*1H. The maximum absolute atomic E-state index is 12.6. The van der Waals surface area contributed by atoms with E-state index in [2.05, 4.69) is 5.10 Å². The predicted molar refractivity (Wildman–Crippen MR) is 93.0 cm³/mol. The van der Waals surface area contributed by atoms with E-state index in [-0.39, 0.29) is 48.8 Å². The van der Waals surface area contributed by atoms with Crippen LogP contribution in [0.2, 0.25) is 0 Å². The highest BCUT2D eigenvalue weighted by molar-refractivity contribution is 5.85. The van der Waals surface area contributed by atoms with Crippen LogP contribution in [0.3, 0.4) is 0 Å². The first-order valence-electron chi connectivity index (χ1n) is 7.86. The van der Waals surface area contributed by atoms with Crippen LogP contribution in [0.25, 0.3) is 0 Å². The highest BCUT2D eigenvalue weighted by Crippen LogP contribution is 2.25. The SMILES string of the molecule is Cl.Cl.NC1CCCC(C(=O)N2CCOC(Cn3cccn3)C2)C1. The first kappa shape index (κ1) is 20.2. The summed E-state index contributed by atoms with van der Waals surface area (Å²) in [6, 6.07) is 2.09. The largest absolute Gasteiger partial charge is 0.373 e. The number of carbonyl (C=O) groups excluding carboxylic acids is 1. The van der Waals surface area contributed by atoms with Crippen LogP contribution in [0.4, 0.5) is 0 Å². The summed E-state index contributed by atoms with van der Waals surface area (Å²) in [4.78, 5) is 14.6. The molecule has 0 bridgehead atoms. The Bertz CT molecular complexity index is 472. The predicted octanol–water partition coefficient (Wildman–Crippen LogP) is 1.47. The molecular weight excluding hydrogens is 339 g/mol. The molecule has 1 aliphatic heterocycles. The number of ether oxygens (including phenoxy) is 1. The van der Waals surface area contributed by atoms with Crippen LogP contribution in [0, 0.1) is 5.92 Å². The van der Waals surface area contributed by atoms with Crippen LogP contribution in [0.15, 0.2) is 18.5 Å². The third-order valence-electron chi connectivity index (χ3n) is 4.46. The van der Waals surface area contributed by atoms with Crippen molar-refractivity contribution >= 4 is 30.7 Å². The number of rotatable bonds is 3. The topological polar surface area (TPSA) is 73.4 Å². The molecule has 1 aliphatic carbocycles. The summed E-state index contributed by atoms with van der Waals surface area (Å²) in [5.74, 6) is 0.371. The van der Waals surface area contributed by atoms with Crippen LogP contribution >= 0.6 is 24.8 Å². The zero-order chi connectivity index (χ0) is 14.7. The highest BCUT2D eigenvalue weighted by atomic mass is 35.5. The minimum absolute atomic E-state index is 0. The molecule has 2 fully saturated rings. The van der Waals surface area contributed by atoms with Gasteiger partial charge in [0, 0.05) is 37.4 Å². The van der Waals surface area contributed by atoms with Crippen molar-refractivity contribution in [3.63, 3.8) is 0 Å². The van der Waals surface area contributed by atoms with Gasteiger partial charge in [-0.05, 0) is 25.3 Å². The van der Waals surface area contributed by atoms with Crippen molar-refractivity contribution in [2.24, 2.45) is 11.7 Å². The van der Waals surface area contributed by atoms with Gasteiger partial charge >= 0.3 is 0 Å². The molecule has 132 valence electrons. The molecule has 1 saturated heterocycles. The van der Waals surface area contributed by atoms with E-state index in [1.165, 1.54) is 0 Å². The van der Waals surface area contributed by atoms with Gasteiger partial charge in [-0.3, -0.25) is 9.48 Å². The average molecular weight is 365 g/mol. The molecule has 1 amide bonds. The van der Waals surface area contributed by atoms with Crippen LogP contribution in [-0.2, 0) is 16.1 Å². The van der Waals surface area contributed by atoms with Crippen molar-refractivity contribution in [1.82, 2.24) is 14.7 Å². The molecule has 1 saturated carbocycles. The lowest BCUT2D eigenvalue weighted by atomic mass is 9.85. The molecule has 0 aromatic carbocycles. The number of hydrogen-bond donors (Lipinski definition) is 1.